The number of carbonyl (C=O) groups is 1. The highest BCUT2D eigenvalue weighted by Gasteiger charge is 2.23. The molecule has 0 aliphatic rings. The summed E-state index contributed by atoms with van der Waals surface area (Å²) < 4.78 is 22.7. The van der Waals surface area contributed by atoms with Crippen LogP contribution in [0.5, 0.6) is 0 Å². The fourth-order valence-corrected chi connectivity index (χ4v) is 1.85. The summed E-state index contributed by atoms with van der Waals surface area (Å²) in [5, 5.41) is 10.1. The molecular formula is C14H17NO4S. The Kier molecular flexibility index (Phi) is 5.31. The highest BCUT2D eigenvalue weighted by molar-refractivity contribution is 7.92. The van der Waals surface area contributed by atoms with E-state index in [1.54, 1.807) is 25.1 Å². The number of nitrogens with one attached hydrogen (secondary N) is 1. The zero-order valence-electron chi connectivity index (χ0n) is 11.6. The maximum atomic E-state index is 11.9. The normalized spacial score (nSPS) is 12.2. The molecule has 20 heavy (non-hydrogen) atoms. The van der Waals surface area contributed by atoms with Gasteiger partial charge in [0.1, 0.15) is 11.9 Å². The van der Waals surface area contributed by atoms with Gasteiger partial charge in [-0.2, -0.15) is 0 Å². The SMILES string of the molecule is Cc1ccc(C#CCO)cc1NC(=O)C(C)S(C)(=O)=O. The topological polar surface area (TPSA) is 83.5 Å². The molecule has 0 fully saturated rings. The number of aliphatic hydroxyl groups is 1. The van der Waals surface area contributed by atoms with E-state index in [1.165, 1.54) is 6.92 Å². The van der Waals surface area contributed by atoms with Gasteiger partial charge in [0.2, 0.25) is 5.91 Å². The van der Waals surface area contributed by atoms with E-state index in [4.69, 9.17) is 5.11 Å². The zero-order valence-corrected chi connectivity index (χ0v) is 12.4. The summed E-state index contributed by atoms with van der Waals surface area (Å²) in [5.41, 5.74) is 1.94. The number of sulfone groups is 1. The van der Waals surface area contributed by atoms with Crippen LogP contribution in [-0.2, 0) is 14.6 Å². The van der Waals surface area contributed by atoms with Crippen molar-refractivity contribution in [3.63, 3.8) is 0 Å². The minimum absolute atomic E-state index is 0.249. The Bertz CT molecular complexity index is 668. The standard InChI is InChI=1S/C14H17NO4S/c1-10-6-7-12(5-4-8-16)9-13(10)15-14(17)11(2)20(3,18)19/h6-7,9,11,16H,8H2,1-3H3,(H,15,17). The minimum atomic E-state index is -3.43. The van der Waals surface area contributed by atoms with Crippen LogP contribution in [0.1, 0.15) is 18.1 Å². The van der Waals surface area contributed by atoms with Crippen molar-refractivity contribution >= 4 is 21.4 Å². The summed E-state index contributed by atoms with van der Waals surface area (Å²) in [6.45, 7) is 2.89. The van der Waals surface area contributed by atoms with E-state index in [1.807, 2.05) is 0 Å². The number of rotatable bonds is 3. The smallest absolute Gasteiger partial charge is 0.242 e. The number of benzene rings is 1. The lowest BCUT2D eigenvalue weighted by molar-refractivity contribution is -0.115. The van der Waals surface area contributed by atoms with Gasteiger partial charge in [0.05, 0.1) is 0 Å². The average Bonchev–Trinajstić information content (AvgIpc) is 2.37. The van der Waals surface area contributed by atoms with Crippen LogP contribution < -0.4 is 5.32 Å². The molecule has 108 valence electrons. The van der Waals surface area contributed by atoms with Crippen molar-refractivity contribution in [3.05, 3.63) is 29.3 Å². The summed E-state index contributed by atoms with van der Waals surface area (Å²) in [6, 6.07) is 5.17. The van der Waals surface area contributed by atoms with Gasteiger partial charge in [0.15, 0.2) is 9.84 Å². The van der Waals surface area contributed by atoms with Crippen molar-refractivity contribution in [1.29, 1.82) is 0 Å². The maximum Gasteiger partial charge on any atom is 0.242 e. The van der Waals surface area contributed by atoms with Crippen LogP contribution in [0.15, 0.2) is 18.2 Å². The fraction of sp³-hybridized carbons (Fsp3) is 0.357. The number of anilines is 1. The molecule has 2 N–H and O–H groups in total. The van der Waals surface area contributed by atoms with Gasteiger partial charge in [-0.15, -0.1) is 0 Å². The van der Waals surface area contributed by atoms with E-state index < -0.39 is 21.0 Å². The molecule has 0 bridgehead atoms. The van der Waals surface area contributed by atoms with Gasteiger partial charge in [0, 0.05) is 17.5 Å². The van der Waals surface area contributed by atoms with Crippen molar-refractivity contribution in [2.24, 2.45) is 0 Å². The first-order valence-electron chi connectivity index (χ1n) is 5.96. The number of aliphatic hydroxyl groups excluding tert-OH is 1. The molecule has 1 atom stereocenters. The van der Waals surface area contributed by atoms with E-state index in [2.05, 4.69) is 17.2 Å². The third-order valence-electron chi connectivity index (χ3n) is 2.82. The zero-order chi connectivity index (χ0) is 15.3. The Morgan fingerprint density at radius 2 is 2.10 bits per heavy atom. The van der Waals surface area contributed by atoms with E-state index in [-0.39, 0.29) is 6.61 Å². The van der Waals surface area contributed by atoms with Crippen LogP contribution in [0, 0.1) is 18.8 Å². The Hall–Kier alpha value is -1.84. The van der Waals surface area contributed by atoms with E-state index in [0.29, 0.717) is 11.3 Å². The second-order valence-electron chi connectivity index (χ2n) is 4.45. The summed E-state index contributed by atoms with van der Waals surface area (Å²) in [4.78, 5) is 11.9. The first kappa shape index (κ1) is 16.2. The van der Waals surface area contributed by atoms with Gasteiger partial charge in [0.25, 0.3) is 0 Å². The van der Waals surface area contributed by atoms with E-state index in [0.717, 1.165) is 11.8 Å². The molecule has 0 aromatic heterocycles. The predicted octanol–water partition coefficient (Wildman–Crippen LogP) is 0.710. The fourth-order valence-electron chi connectivity index (χ4n) is 1.40. The first-order chi connectivity index (χ1) is 9.25. The van der Waals surface area contributed by atoms with Gasteiger partial charge in [-0.3, -0.25) is 4.79 Å². The van der Waals surface area contributed by atoms with Gasteiger partial charge < -0.3 is 10.4 Å². The molecule has 5 nitrogen and oxygen atoms in total. The van der Waals surface area contributed by atoms with Crippen LogP contribution in [-0.4, -0.2) is 37.5 Å². The molecule has 0 saturated carbocycles. The van der Waals surface area contributed by atoms with E-state index in [9.17, 15) is 13.2 Å². The molecular weight excluding hydrogens is 278 g/mol. The van der Waals surface area contributed by atoms with E-state index >= 15 is 0 Å². The second kappa shape index (κ2) is 6.55. The lowest BCUT2D eigenvalue weighted by Crippen LogP contribution is -2.32. The minimum Gasteiger partial charge on any atom is -0.384 e. The highest BCUT2D eigenvalue weighted by atomic mass is 32.2. The third kappa shape index (κ3) is 4.37. The molecule has 1 aromatic rings. The van der Waals surface area contributed by atoms with Crippen molar-refractivity contribution in [2.45, 2.75) is 19.1 Å². The summed E-state index contributed by atoms with van der Waals surface area (Å²) in [7, 11) is -3.43. The molecule has 1 rings (SSSR count). The van der Waals surface area contributed by atoms with Gasteiger partial charge >= 0.3 is 0 Å². The number of aryl methyl sites for hydroxylation is 1. The van der Waals surface area contributed by atoms with Crippen LogP contribution >= 0.6 is 0 Å². The molecule has 0 spiro atoms. The molecule has 0 saturated heterocycles. The number of amides is 1. The Balaban J connectivity index is 3.00. The largest absolute Gasteiger partial charge is 0.384 e. The average molecular weight is 295 g/mol. The summed E-state index contributed by atoms with van der Waals surface area (Å²) >= 11 is 0. The van der Waals surface area contributed by atoms with Gasteiger partial charge in [-0.05, 0) is 31.5 Å². The van der Waals surface area contributed by atoms with Crippen LogP contribution in [0.25, 0.3) is 0 Å². The van der Waals surface area contributed by atoms with Crippen LogP contribution in [0.4, 0.5) is 5.69 Å². The molecule has 1 amide bonds. The lowest BCUT2D eigenvalue weighted by atomic mass is 10.1. The van der Waals surface area contributed by atoms with Gasteiger partial charge in [-0.25, -0.2) is 8.42 Å². The summed E-state index contributed by atoms with van der Waals surface area (Å²) in [5.74, 6) is 4.65. The molecule has 6 heteroatoms. The Morgan fingerprint density at radius 1 is 1.45 bits per heavy atom. The van der Waals surface area contributed by atoms with Crippen molar-refractivity contribution in [1.82, 2.24) is 0 Å². The molecule has 0 radical (unpaired) electrons. The second-order valence-corrected chi connectivity index (χ2v) is 6.82. The lowest BCUT2D eigenvalue weighted by Gasteiger charge is -2.12. The Labute approximate surface area is 118 Å². The number of hydrogen-bond acceptors (Lipinski definition) is 4. The number of carbonyl (C=O) groups excluding carboxylic acids is 1. The molecule has 0 aliphatic heterocycles. The maximum absolute atomic E-state index is 11.9. The van der Waals surface area contributed by atoms with Crippen molar-refractivity contribution < 1.29 is 18.3 Å². The quantitative estimate of drug-likeness (QED) is 0.805. The molecule has 1 unspecified atom stereocenters. The van der Waals surface area contributed by atoms with Crippen LogP contribution in [0.2, 0.25) is 0 Å². The molecule has 0 aliphatic carbocycles. The van der Waals surface area contributed by atoms with Crippen molar-refractivity contribution in [3.8, 4) is 11.8 Å². The number of hydrogen-bond donors (Lipinski definition) is 2. The Morgan fingerprint density at radius 3 is 2.65 bits per heavy atom. The third-order valence-corrected chi connectivity index (χ3v) is 4.32. The highest BCUT2D eigenvalue weighted by Crippen LogP contribution is 2.17. The predicted molar refractivity (Wildman–Crippen MR) is 78.1 cm³/mol. The summed E-state index contributed by atoms with van der Waals surface area (Å²) in [6.07, 6.45) is 1.02. The van der Waals surface area contributed by atoms with Gasteiger partial charge in [-0.1, -0.05) is 17.9 Å². The van der Waals surface area contributed by atoms with Crippen LogP contribution in [0.3, 0.4) is 0 Å². The molecule has 1 aromatic carbocycles. The monoisotopic (exact) mass is 295 g/mol. The van der Waals surface area contributed by atoms with Crippen molar-refractivity contribution in [2.75, 3.05) is 18.2 Å². The molecule has 0 heterocycles. The first-order valence-corrected chi connectivity index (χ1v) is 7.91.